The van der Waals surface area contributed by atoms with Crippen molar-refractivity contribution in [3.05, 3.63) is 86.5 Å². The predicted molar refractivity (Wildman–Crippen MR) is 122 cm³/mol. The maximum Gasteiger partial charge on any atom is 0.271 e. The van der Waals surface area contributed by atoms with Crippen LogP contribution < -0.4 is 5.32 Å². The number of allylic oxidation sites excluding steroid dienone is 2. The van der Waals surface area contributed by atoms with Gasteiger partial charge in [0.1, 0.15) is 0 Å². The van der Waals surface area contributed by atoms with Crippen LogP contribution in [0.1, 0.15) is 24.4 Å². The second-order valence-electron chi connectivity index (χ2n) is 8.97. The molecule has 5 rings (SSSR count). The first-order chi connectivity index (χ1) is 16.7. The summed E-state index contributed by atoms with van der Waals surface area (Å²) in [4.78, 5) is 61.8. The number of likely N-dealkylation sites (tertiary alicyclic amines) is 1. The molecule has 3 aliphatic rings. The lowest BCUT2D eigenvalue weighted by Crippen LogP contribution is -2.38. The van der Waals surface area contributed by atoms with Crippen molar-refractivity contribution in [1.82, 2.24) is 4.90 Å². The highest BCUT2D eigenvalue weighted by Crippen LogP contribution is 2.54. The van der Waals surface area contributed by atoms with Crippen LogP contribution in [0.4, 0.5) is 17.1 Å². The van der Waals surface area contributed by atoms with Gasteiger partial charge in [0, 0.05) is 30.0 Å². The van der Waals surface area contributed by atoms with Gasteiger partial charge in [-0.2, -0.15) is 0 Å². The zero-order chi connectivity index (χ0) is 24.9. The summed E-state index contributed by atoms with van der Waals surface area (Å²) in [5, 5.41) is 24.7. The Morgan fingerprint density at radius 1 is 0.943 bits per heavy atom. The number of rotatable bonds is 7. The SMILES string of the molecule is O=C(CC(c1ccc([N+](=O)[O-])cc1)N1C(=O)C2C3C=CC(C3)C2C1=O)Nc1cccc([N+](=O)[O-])c1. The highest BCUT2D eigenvalue weighted by molar-refractivity contribution is 6.07. The van der Waals surface area contributed by atoms with Crippen molar-refractivity contribution < 1.29 is 24.2 Å². The van der Waals surface area contributed by atoms with E-state index in [4.69, 9.17) is 0 Å². The van der Waals surface area contributed by atoms with Crippen LogP contribution in [-0.4, -0.2) is 32.5 Å². The summed E-state index contributed by atoms with van der Waals surface area (Å²) in [7, 11) is 0. The zero-order valence-electron chi connectivity index (χ0n) is 18.3. The number of nitrogens with one attached hydrogen (secondary N) is 1. The quantitative estimate of drug-likeness (QED) is 0.278. The van der Waals surface area contributed by atoms with Gasteiger partial charge in [0.25, 0.3) is 11.4 Å². The van der Waals surface area contributed by atoms with E-state index in [1.807, 2.05) is 12.2 Å². The number of hydrogen-bond acceptors (Lipinski definition) is 7. The topological polar surface area (TPSA) is 153 Å². The van der Waals surface area contributed by atoms with Crippen LogP contribution in [0.25, 0.3) is 0 Å². The molecule has 178 valence electrons. The van der Waals surface area contributed by atoms with Crippen LogP contribution in [0, 0.1) is 43.9 Å². The van der Waals surface area contributed by atoms with E-state index < -0.39 is 33.6 Å². The fraction of sp³-hybridized carbons (Fsp3) is 0.292. The van der Waals surface area contributed by atoms with Crippen molar-refractivity contribution in [3.63, 3.8) is 0 Å². The Hall–Kier alpha value is -4.41. The van der Waals surface area contributed by atoms with Gasteiger partial charge in [-0.1, -0.05) is 30.4 Å². The number of non-ortho nitro benzene ring substituents is 2. The van der Waals surface area contributed by atoms with Gasteiger partial charge in [-0.25, -0.2) is 0 Å². The number of carbonyl (C=O) groups is 3. The molecule has 11 heteroatoms. The normalized spacial score (nSPS) is 25.0. The maximum absolute atomic E-state index is 13.4. The Balaban J connectivity index is 1.44. The van der Waals surface area contributed by atoms with Crippen LogP contribution in [0.15, 0.2) is 60.7 Å². The first kappa shape index (κ1) is 22.4. The number of nitro groups is 2. The molecule has 11 nitrogen and oxygen atoms in total. The van der Waals surface area contributed by atoms with E-state index in [0.29, 0.717) is 5.56 Å². The molecule has 0 spiro atoms. The molecule has 0 aromatic heterocycles. The molecule has 1 aliphatic heterocycles. The lowest BCUT2D eigenvalue weighted by molar-refractivity contribution is -0.385. The fourth-order valence-corrected chi connectivity index (χ4v) is 5.49. The Morgan fingerprint density at radius 2 is 1.54 bits per heavy atom. The van der Waals surface area contributed by atoms with Gasteiger partial charge in [0.05, 0.1) is 34.1 Å². The standard InChI is InChI=1S/C24H20N4O7/c29-20(25-16-2-1-3-18(11-16)28(34)35)12-19(13-6-8-17(9-7-13)27(32)33)26-23(30)21-14-4-5-15(10-14)22(21)24(26)31/h1-9,11,14-15,19,21-22H,10,12H2,(H,25,29). The summed E-state index contributed by atoms with van der Waals surface area (Å²) >= 11 is 0. The molecule has 35 heavy (non-hydrogen) atoms. The van der Waals surface area contributed by atoms with Gasteiger partial charge in [-0.15, -0.1) is 0 Å². The Labute approximate surface area is 198 Å². The minimum atomic E-state index is -0.973. The van der Waals surface area contributed by atoms with Crippen LogP contribution in [0.2, 0.25) is 0 Å². The number of carbonyl (C=O) groups excluding carboxylic acids is 3. The number of nitrogens with zero attached hydrogens (tertiary/aromatic N) is 3. The molecule has 2 aromatic carbocycles. The van der Waals surface area contributed by atoms with Gasteiger partial charge in [-0.3, -0.25) is 39.5 Å². The van der Waals surface area contributed by atoms with E-state index >= 15 is 0 Å². The number of nitro benzene ring substituents is 2. The molecule has 2 fully saturated rings. The monoisotopic (exact) mass is 476 g/mol. The summed E-state index contributed by atoms with van der Waals surface area (Å²) in [5.74, 6) is -2.19. The van der Waals surface area contributed by atoms with E-state index in [0.717, 1.165) is 11.3 Å². The average Bonchev–Trinajstić information content (AvgIpc) is 3.52. The van der Waals surface area contributed by atoms with E-state index in [1.165, 1.54) is 48.5 Å². The second-order valence-corrected chi connectivity index (χ2v) is 8.97. The summed E-state index contributed by atoms with van der Waals surface area (Å²) in [5.41, 5.74) is 0.249. The van der Waals surface area contributed by atoms with Crippen molar-refractivity contribution in [1.29, 1.82) is 0 Å². The lowest BCUT2D eigenvalue weighted by atomic mass is 9.85. The van der Waals surface area contributed by atoms with Gasteiger partial charge >= 0.3 is 0 Å². The minimum absolute atomic E-state index is 0.0114. The molecule has 1 N–H and O–H groups in total. The molecule has 5 unspecified atom stereocenters. The largest absolute Gasteiger partial charge is 0.326 e. The van der Waals surface area contributed by atoms with Crippen molar-refractivity contribution in [2.75, 3.05) is 5.32 Å². The van der Waals surface area contributed by atoms with E-state index in [9.17, 15) is 34.6 Å². The van der Waals surface area contributed by atoms with Crippen molar-refractivity contribution >= 4 is 34.8 Å². The maximum atomic E-state index is 13.4. The molecule has 3 amide bonds. The van der Waals surface area contributed by atoms with E-state index in [-0.39, 0.29) is 47.1 Å². The van der Waals surface area contributed by atoms with Crippen LogP contribution >= 0.6 is 0 Å². The van der Waals surface area contributed by atoms with E-state index in [1.54, 1.807) is 0 Å². The molecule has 2 bridgehead atoms. The molecule has 1 heterocycles. The second kappa shape index (κ2) is 8.42. The number of imide groups is 1. The number of hydrogen-bond donors (Lipinski definition) is 1. The number of benzene rings is 2. The third-order valence-electron chi connectivity index (χ3n) is 7.02. The molecular weight excluding hydrogens is 456 g/mol. The first-order valence-electron chi connectivity index (χ1n) is 11.1. The van der Waals surface area contributed by atoms with Crippen LogP contribution in [-0.2, 0) is 14.4 Å². The summed E-state index contributed by atoms with van der Waals surface area (Å²) < 4.78 is 0. The summed E-state index contributed by atoms with van der Waals surface area (Å²) in [6.07, 6.45) is 4.39. The summed E-state index contributed by atoms with van der Waals surface area (Å²) in [6.45, 7) is 0. The molecule has 1 saturated heterocycles. The van der Waals surface area contributed by atoms with E-state index in [2.05, 4.69) is 5.32 Å². The Bertz CT molecular complexity index is 1260. The number of fused-ring (bicyclic) bond motifs is 5. The first-order valence-corrected chi connectivity index (χ1v) is 11.1. The molecule has 5 atom stereocenters. The Kier molecular flexibility index (Phi) is 5.39. The average molecular weight is 476 g/mol. The van der Waals surface area contributed by atoms with Gasteiger partial charge in [0.2, 0.25) is 17.7 Å². The zero-order valence-corrected chi connectivity index (χ0v) is 18.3. The van der Waals surface area contributed by atoms with Crippen molar-refractivity contribution in [2.45, 2.75) is 18.9 Å². The minimum Gasteiger partial charge on any atom is -0.326 e. The van der Waals surface area contributed by atoms with Gasteiger partial charge < -0.3 is 5.32 Å². The molecular formula is C24H20N4O7. The highest BCUT2D eigenvalue weighted by Gasteiger charge is 2.60. The van der Waals surface area contributed by atoms with Crippen LogP contribution in [0.3, 0.4) is 0 Å². The molecule has 0 radical (unpaired) electrons. The van der Waals surface area contributed by atoms with Gasteiger partial charge in [0.15, 0.2) is 0 Å². The van der Waals surface area contributed by atoms with Crippen molar-refractivity contribution in [3.8, 4) is 0 Å². The smallest absolute Gasteiger partial charge is 0.271 e. The lowest BCUT2D eigenvalue weighted by Gasteiger charge is -2.28. The highest BCUT2D eigenvalue weighted by atomic mass is 16.6. The molecule has 2 aromatic rings. The van der Waals surface area contributed by atoms with Crippen molar-refractivity contribution in [2.24, 2.45) is 23.7 Å². The summed E-state index contributed by atoms with van der Waals surface area (Å²) in [6, 6.07) is 9.84. The predicted octanol–water partition coefficient (Wildman–Crippen LogP) is 3.38. The fourth-order valence-electron chi connectivity index (χ4n) is 5.49. The third kappa shape index (κ3) is 3.84. The Morgan fingerprint density at radius 3 is 2.11 bits per heavy atom. The van der Waals surface area contributed by atoms with Gasteiger partial charge in [-0.05, 0) is 29.9 Å². The van der Waals surface area contributed by atoms with Crippen LogP contribution in [0.5, 0.6) is 0 Å². The molecule has 1 saturated carbocycles. The number of anilines is 1. The molecule has 2 aliphatic carbocycles. The third-order valence-corrected chi connectivity index (χ3v) is 7.02. The number of amides is 3.